The van der Waals surface area contributed by atoms with E-state index in [-0.39, 0.29) is 5.91 Å². The topological polar surface area (TPSA) is 23.6 Å². The molecule has 3 heteroatoms. The van der Waals surface area contributed by atoms with E-state index in [1.807, 2.05) is 31.0 Å². The molecule has 1 amide bonds. The lowest BCUT2D eigenvalue weighted by atomic mass is 10.0. The molecule has 104 valence electrons. The summed E-state index contributed by atoms with van der Waals surface area (Å²) in [6, 6.07) is 5.95. The van der Waals surface area contributed by atoms with E-state index in [0.717, 1.165) is 30.8 Å². The molecule has 3 nitrogen and oxygen atoms in total. The minimum Gasteiger partial charge on any atom is -0.341 e. The van der Waals surface area contributed by atoms with Crippen LogP contribution in [0.25, 0.3) is 0 Å². The highest BCUT2D eigenvalue weighted by atomic mass is 16.2. The summed E-state index contributed by atoms with van der Waals surface area (Å²) in [7, 11) is 4.06. The second kappa shape index (κ2) is 5.74. The van der Waals surface area contributed by atoms with Gasteiger partial charge in [0.15, 0.2) is 0 Å². The fourth-order valence-corrected chi connectivity index (χ4v) is 2.83. The molecule has 19 heavy (non-hydrogen) atoms. The SMILES string of the molecule is Cc1cccc(C(=O)N(C)CC2CCN(C)C2)c1C. The van der Waals surface area contributed by atoms with Crippen molar-refractivity contribution in [3.05, 3.63) is 34.9 Å². The highest BCUT2D eigenvalue weighted by molar-refractivity contribution is 5.95. The largest absolute Gasteiger partial charge is 0.341 e. The van der Waals surface area contributed by atoms with Gasteiger partial charge >= 0.3 is 0 Å². The normalized spacial score (nSPS) is 19.7. The van der Waals surface area contributed by atoms with Gasteiger partial charge in [-0.2, -0.15) is 0 Å². The van der Waals surface area contributed by atoms with Crippen molar-refractivity contribution < 1.29 is 4.79 Å². The molecule has 1 heterocycles. The van der Waals surface area contributed by atoms with Crippen LogP contribution in [0.2, 0.25) is 0 Å². The number of aryl methyl sites for hydroxylation is 1. The Morgan fingerprint density at radius 2 is 2.16 bits per heavy atom. The number of hydrogen-bond acceptors (Lipinski definition) is 2. The first-order valence-electron chi connectivity index (χ1n) is 6.99. The average Bonchev–Trinajstić information content (AvgIpc) is 2.77. The first kappa shape index (κ1) is 14.1. The molecular weight excluding hydrogens is 236 g/mol. The minimum absolute atomic E-state index is 0.149. The maximum Gasteiger partial charge on any atom is 0.253 e. The van der Waals surface area contributed by atoms with E-state index in [1.54, 1.807) is 0 Å². The fourth-order valence-electron chi connectivity index (χ4n) is 2.83. The van der Waals surface area contributed by atoms with E-state index in [4.69, 9.17) is 0 Å². The molecule has 0 aliphatic carbocycles. The summed E-state index contributed by atoms with van der Waals surface area (Å²) in [6.45, 7) is 7.19. The summed E-state index contributed by atoms with van der Waals surface area (Å²) in [5, 5.41) is 0. The average molecular weight is 260 g/mol. The van der Waals surface area contributed by atoms with Crippen molar-refractivity contribution in [2.45, 2.75) is 20.3 Å². The Bertz CT molecular complexity index is 470. The van der Waals surface area contributed by atoms with Gasteiger partial charge < -0.3 is 9.80 Å². The Kier molecular flexibility index (Phi) is 4.25. The van der Waals surface area contributed by atoms with Crippen molar-refractivity contribution in [2.75, 3.05) is 33.7 Å². The van der Waals surface area contributed by atoms with Crippen LogP contribution in [0.5, 0.6) is 0 Å². The molecule has 1 aromatic rings. The van der Waals surface area contributed by atoms with Crippen LogP contribution in [0.1, 0.15) is 27.9 Å². The third-order valence-corrected chi connectivity index (χ3v) is 4.20. The van der Waals surface area contributed by atoms with Crippen LogP contribution in [0.3, 0.4) is 0 Å². The molecule has 1 unspecified atom stereocenters. The Morgan fingerprint density at radius 3 is 2.79 bits per heavy atom. The molecule has 0 radical (unpaired) electrons. The second-order valence-corrected chi connectivity index (χ2v) is 5.85. The summed E-state index contributed by atoms with van der Waals surface area (Å²) in [4.78, 5) is 16.7. The molecule has 1 saturated heterocycles. The highest BCUT2D eigenvalue weighted by Gasteiger charge is 2.23. The fraction of sp³-hybridized carbons (Fsp3) is 0.562. The number of rotatable bonds is 3. The van der Waals surface area contributed by atoms with Crippen LogP contribution in [0.4, 0.5) is 0 Å². The highest BCUT2D eigenvalue weighted by Crippen LogP contribution is 2.18. The van der Waals surface area contributed by atoms with Gasteiger partial charge in [-0.25, -0.2) is 0 Å². The smallest absolute Gasteiger partial charge is 0.253 e. The van der Waals surface area contributed by atoms with E-state index >= 15 is 0 Å². The van der Waals surface area contributed by atoms with E-state index in [1.165, 1.54) is 12.0 Å². The second-order valence-electron chi connectivity index (χ2n) is 5.85. The van der Waals surface area contributed by atoms with Crippen LogP contribution in [0.15, 0.2) is 18.2 Å². The summed E-state index contributed by atoms with van der Waals surface area (Å²) in [5.74, 6) is 0.764. The van der Waals surface area contributed by atoms with E-state index in [2.05, 4.69) is 24.9 Å². The molecular formula is C16H24N2O. The van der Waals surface area contributed by atoms with Gasteiger partial charge in [0.25, 0.3) is 5.91 Å². The Balaban J connectivity index is 2.04. The zero-order valence-electron chi connectivity index (χ0n) is 12.4. The molecule has 1 aliphatic rings. The van der Waals surface area contributed by atoms with Gasteiger partial charge in [0, 0.05) is 25.7 Å². The zero-order chi connectivity index (χ0) is 14.0. The third kappa shape index (κ3) is 3.16. The summed E-state index contributed by atoms with van der Waals surface area (Å²) in [6.07, 6.45) is 1.20. The number of amides is 1. The number of carbonyl (C=O) groups is 1. The van der Waals surface area contributed by atoms with Gasteiger partial charge in [0.05, 0.1) is 0 Å². The maximum absolute atomic E-state index is 12.5. The first-order chi connectivity index (χ1) is 8.99. The summed E-state index contributed by atoms with van der Waals surface area (Å²) < 4.78 is 0. The number of carbonyl (C=O) groups excluding carboxylic acids is 1. The zero-order valence-corrected chi connectivity index (χ0v) is 12.4. The molecule has 1 aromatic carbocycles. The summed E-state index contributed by atoms with van der Waals surface area (Å²) >= 11 is 0. The predicted octanol–water partition coefficient (Wildman–Crippen LogP) is 2.33. The minimum atomic E-state index is 0.149. The lowest BCUT2D eigenvalue weighted by Gasteiger charge is -2.22. The summed E-state index contributed by atoms with van der Waals surface area (Å²) in [5.41, 5.74) is 3.12. The third-order valence-electron chi connectivity index (χ3n) is 4.20. The van der Waals surface area contributed by atoms with Gasteiger partial charge in [-0.15, -0.1) is 0 Å². The first-order valence-corrected chi connectivity index (χ1v) is 6.99. The number of benzene rings is 1. The van der Waals surface area contributed by atoms with Gasteiger partial charge in [-0.3, -0.25) is 4.79 Å². The number of nitrogens with zero attached hydrogens (tertiary/aromatic N) is 2. The molecule has 0 saturated carbocycles. The molecule has 1 aliphatic heterocycles. The quantitative estimate of drug-likeness (QED) is 0.833. The molecule has 0 aromatic heterocycles. The van der Waals surface area contributed by atoms with Crippen LogP contribution in [0, 0.1) is 19.8 Å². The van der Waals surface area contributed by atoms with E-state index < -0.39 is 0 Å². The molecule has 0 bridgehead atoms. The van der Waals surface area contributed by atoms with Crippen molar-refractivity contribution in [1.82, 2.24) is 9.80 Å². The standard InChI is InChI=1S/C16H24N2O/c1-12-6-5-7-15(13(12)2)16(19)18(4)11-14-8-9-17(3)10-14/h5-7,14H,8-11H2,1-4H3. The molecule has 0 N–H and O–H groups in total. The van der Waals surface area contributed by atoms with Crippen LogP contribution in [-0.4, -0.2) is 49.4 Å². The van der Waals surface area contributed by atoms with Crippen molar-refractivity contribution in [3.8, 4) is 0 Å². The maximum atomic E-state index is 12.5. The van der Waals surface area contributed by atoms with Crippen LogP contribution < -0.4 is 0 Å². The number of hydrogen-bond donors (Lipinski definition) is 0. The van der Waals surface area contributed by atoms with Crippen LogP contribution in [-0.2, 0) is 0 Å². The molecule has 1 fully saturated rings. The Hall–Kier alpha value is -1.35. The lowest BCUT2D eigenvalue weighted by Crippen LogP contribution is -2.33. The van der Waals surface area contributed by atoms with Crippen molar-refractivity contribution in [1.29, 1.82) is 0 Å². The lowest BCUT2D eigenvalue weighted by molar-refractivity contribution is 0.0773. The molecule has 2 rings (SSSR count). The molecule has 0 spiro atoms. The van der Waals surface area contributed by atoms with Gasteiger partial charge in [-0.05, 0) is 57.0 Å². The van der Waals surface area contributed by atoms with Crippen LogP contribution >= 0.6 is 0 Å². The van der Waals surface area contributed by atoms with Gasteiger partial charge in [-0.1, -0.05) is 12.1 Å². The molecule has 1 atom stereocenters. The Labute approximate surface area is 116 Å². The van der Waals surface area contributed by atoms with Crippen molar-refractivity contribution >= 4 is 5.91 Å². The van der Waals surface area contributed by atoms with E-state index in [0.29, 0.717) is 5.92 Å². The Morgan fingerprint density at radius 1 is 1.42 bits per heavy atom. The van der Waals surface area contributed by atoms with E-state index in [9.17, 15) is 4.79 Å². The predicted molar refractivity (Wildman–Crippen MR) is 78.5 cm³/mol. The van der Waals surface area contributed by atoms with Crippen molar-refractivity contribution in [2.24, 2.45) is 5.92 Å². The van der Waals surface area contributed by atoms with Gasteiger partial charge in [0.2, 0.25) is 0 Å². The van der Waals surface area contributed by atoms with Gasteiger partial charge in [0.1, 0.15) is 0 Å². The van der Waals surface area contributed by atoms with Crippen molar-refractivity contribution in [3.63, 3.8) is 0 Å². The number of likely N-dealkylation sites (tertiary alicyclic amines) is 1. The monoisotopic (exact) mass is 260 g/mol.